The predicted molar refractivity (Wildman–Crippen MR) is 33.0 cm³/mol. The average Bonchev–Trinajstić information content (AvgIpc) is 2.35. The minimum atomic E-state index is 0.153. The van der Waals surface area contributed by atoms with Crippen LogP contribution in [0.3, 0.4) is 0 Å². The Kier molecular flexibility index (Phi) is 1.24. The Balaban J connectivity index is 2.07. The number of hydrogen-bond acceptors (Lipinski definition) is 2. The molecule has 0 spiro atoms. The zero-order valence-electron chi connectivity index (χ0n) is 5.67. The van der Waals surface area contributed by atoms with Crippen LogP contribution in [0.4, 0.5) is 0 Å². The van der Waals surface area contributed by atoms with E-state index in [0.29, 0.717) is 5.92 Å². The third-order valence-corrected chi connectivity index (χ3v) is 2.34. The molecular formula is C7H12O2. The Morgan fingerprint density at radius 2 is 2.22 bits per heavy atom. The molecule has 0 aromatic heterocycles. The Morgan fingerprint density at radius 1 is 1.33 bits per heavy atom. The first kappa shape index (κ1) is 5.69. The molecule has 2 heterocycles. The summed E-state index contributed by atoms with van der Waals surface area (Å²) in [5.74, 6) is 1.42. The van der Waals surface area contributed by atoms with E-state index in [0.717, 1.165) is 19.1 Å². The van der Waals surface area contributed by atoms with Gasteiger partial charge in [0.15, 0.2) is 6.29 Å². The number of ether oxygens (including phenoxy) is 2. The first-order chi connectivity index (χ1) is 4.38. The molecule has 3 atom stereocenters. The molecule has 2 saturated heterocycles. The average molecular weight is 128 g/mol. The fraction of sp³-hybridized carbons (Fsp3) is 1.00. The minimum absolute atomic E-state index is 0.153. The number of fused-ring (bicyclic) bond motifs is 1. The van der Waals surface area contributed by atoms with Crippen LogP contribution in [0.5, 0.6) is 0 Å². The van der Waals surface area contributed by atoms with Gasteiger partial charge < -0.3 is 9.47 Å². The van der Waals surface area contributed by atoms with Crippen LogP contribution in [0.1, 0.15) is 13.3 Å². The molecule has 2 fully saturated rings. The first-order valence-electron chi connectivity index (χ1n) is 3.61. The molecule has 0 amide bonds. The molecular weight excluding hydrogens is 116 g/mol. The zero-order valence-corrected chi connectivity index (χ0v) is 5.67. The molecule has 2 nitrogen and oxygen atoms in total. The third-order valence-electron chi connectivity index (χ3n) is 2.34. The van der Waals surface area contributed by atoms with Crippen molar-refractivity contribution in [1.29, 1.82) is 0 Å². The van der Waals surface area contributed by atoms with Gasteiger partial charge in [-0.1, -0.05) is 6.92 Å². The molecule has 2 aliphatic rings. The topological polar surface area (TPSA) is 18.5 Å². The lowest BCUT2D eigenvalue weighted by Gasteiger charge is -2.07. The van der Waals surface area contributed by atoms with Crippen LogP contribution in [0, 0.1) is 11.8 Å². The van der Waals surface area contributed by atoms with E-state index in [2.05, 4.69) is 6.92 Å². The predicted octanol–water partition coefficient (Wildman–Crippen LogP) is 1.02. The second kappa shape index (κ2) is 1.96. The Morgan fingerprint density at radius 3 is 3.00 bits per heavy atom. The molecule has 0 aromatic rings. The fourth-order valence-corrected chi connectivity index (χ4v) is 1.67. The van der Waals surface area contributed by atoms with Gasteiger partial charge in [-0.2, -0.15) is 0 Å². The molecule has 2 rings (SSSR count). The minimum Gasteiger partial charge on any atom is -0.352 e. The van der Waals surface area contributed by atoms with Crippen molar-refractivity contribution in [3.05, 3.63) is 0 Å². The normalized spacial score (nSPS) is 49.7. The van der Waals surface area contributed by atoms with Gasteiger partial charge in [0.1, 0.15) is 0 Å². The molecule has 0 unspecified atom stereocenters. The van der Waals surface area contributed by atoms with Crippen molar-refractivity contribution in [2.24, 2.45) is 11.8 Å². The lowest BCUT2D eigenvalue weighted by Crippen LogP contribution is -2.12. The van der Waals surface area contributed by atoms with Gasteiger partial charge in [0.05, 0.1) is 13.2 Å². The van der Waals surface area contributed by atoms with Crippen LogP contribution in [-0.4, -0.2) is 19.5 Å². The van der Waals surface area contributed by atoms with E-state index in [9.17, 15) is 0 Å². The zero-order chi connectivity index (χ0) is 6.27. The van der Waals surface area contributed by atoms with Crippen LogP contribution in [0.25, 0.3) is 0 Å². The molecule has 0 radical (unpaired) electrons. The highest BCUT2D eigenvalue weighted by Gasteiger charge is 2.38. The van der Waals surface area contributed by atoms with E-state index in [-0.39, 0.29) is 6.29 Å². The van der Waals surface area contributed by atoms with E-state index in [1.54, 1.807) is 0 Å². The summed E-state index contributed by atoms with van der Waals surface area (Å²) in [5.41, 5.74) is 0. The summed E-state index contributed by atoms with van der Waals surface area (Å²) in [7, 11) is 0. The maximum atomic E-state index is 5.37. The molecule has 2 aliphatic heterocycles. The maximum Gasteiger partial charge on any atom is 0.160 e. The third kappa shape index (κ3) is 0.775. The van der Waals surface area contributed by atoms with Gasteiger partial charge in [-0.25, -0.2) is 0 Å². The lowest BCUT2D eigenvalue weighted by atomic mass is 9.96. The van der Waals surface area contributed by atoms with Crippen LogP contribution in [0.2, 0.25) is 0 Å². The largest absolute Gasteiger partial charge is 0.352 e. The summed E-state index contributed by atoms with van der Waals surface area (Å²) < 4.78 is 10.7. The molecule has 0 bridgehead atoms. The number of rotatable bonds is 0. The molecule has 0 aliphatic carbocycles. The molecule has 0 N–H and O–H groups in total. The molecule has 2 heteroatoms. The van der Waals surface area contributed by atoms with E-state index in [4.69, 9.17) is 9.47 Å². The SMILES string of the molecule is C[C@@H]1CO[C@H]2OCC[C@H]21. The van der Waals surface area contributed by atoms with Crippen molar-refractivity contribution in [1.82, 2.24) is 0 Å². The Labute approximate surface area is 55.1 Å². The van der Waals surface area contributed by atoms with Crippen molar-refractivity contribution in [2.45, 2.75) is 19.6 Å². The van der Waals surface area contributed by atoms with E-state index >= 15 is 0 Å². The lowest BCUT2D eigenvalue weighted by molar-refractivity contribution is -0.0905. The van der Waals surface area contributed by atoms with Gasteiger partial charge in [-0.15, -0.1) is 0 Å². The van der Waals surface area contributed by atoms with Crippen molar-refractivity contribution in [2.75, 3.05) is 13.2 Å². The van der Waals surface area contributed by atoms with Crippen LogP contribution >= 0.6 is 0 Å². The second-order valence-corrected chi connectivity index (χ2v) is 3.00. The monoisotopic (exact) mass is 128 g/mol. The molecule has 0 aromatic carbocycles. The van der Waals surface area contributed by atoms with Gasteiger partial charge in [-0.3, -0.25) is 0 Å². The van der Waals surface area contributed by atoms with E-state index < -0.39 is 0 Å². The Bertz CT molecular complexity index is 113. The quantitative estimate of drug-likeness (QED) is 0.485. The van der Waals surface area contributed by atoms with Crippen molar-refractivity contribution >= 4 is 0 Å². The van der Waals surface area contributed by atoms with E-state index in [1.165, 1.54) is 6.42 Å². The molecule has 52 valence electrons. The highest BCUT2D eigenvalue weighted by Crippen LogP contribution is 2.34. The summed E-state index contributed by atoms with van der Waals surface area (Å²) in [6, 6.07) is 0. The standard InChI is InChI=1S/C7H12O2/c1-5-4-9-7-6(5)2-3-8-7/h5-7H,2-4H2,1H3/t5-,6+,7-/m1/s1. The fourth-order valence-electron chi connectivity index (χ4n) is 1.67. The first-order valence-corrected chi connectivity index (χ1v) is 3.61. The maximum absolute atomic E-state index is 5.37. The van der Waals surface area contributed by atoms with Crippen molar-refractivity contribution in [3.8, 4) is 0 Å². The van der Waals surface area contributed by atoms with Crippen LogP contribution < -0.4 is 0 Å². The van der Waals surface area contributed by atoms with Gasteiger partial charge in [0, 0.05) is 5.92 Å². The smallest absolute Gasteiger partial charge is 0.160 e. The molecule has 9 heavy (non-hydrogen) atoms. The Hall–Kier alpha value is -0.0800. The van der Waals surface area contributed by atoms with Crippen molar-refractivity contribution in [3.63, 3.8) is 0 Å². The number of hydrogen-bond donors (Lipinski definition) is 0. The summed E-state index contributed by atoms with van der Waals surface area (Å²) in [6.45, 7) is 4.04. The highest BCUT2D eigenvalue weighted by molar-refractivity contribution is 4.79. The van der Waals surface area contributed by atoms with Crippen LogP contribution in [0.15, 0.2) is 0 Å². The van der Waals surface area contributed by atoms with Gasteiger partial charge in [0.25, 0.3) is 0 Å². The summed E-state index contributed by atoms with van der Waals surface area (Å²) in [4.78, 5) is 0. The molecule has 0 saturated carbocycles. The van der Waals surface area contributed by atoms with Crippen LogP contribution in [-0.2, 0) is 9.47 Å². The summed E-state index contributed by atoms with van der Waals surface area (Å²) in [5, 5.41) is 0. The van der Waals surface area contributed by atoms with E-state index in [1.807, 2.05) is 0 Å². The van der Waals surface area contributed by atoms with Gasteiger partial charge in [0.2, 0.25) is 0 Å². The summed E-state index contributed by atoms with van der Waals surface area (Å²) in [6.07, 6.45) is 1.35. The second-order valence-electron chi connectivity index (χ2n) is 3.00. The highest BCUT2D eigenvalue weighted by atomic mass is 16.7. The summed E-state index contributed by atoms with van der Waals surface area (Å²) >= 11 is 0. The van der Waals surface area contributed by atoms with Gasteiger partial charge >= 0.3 is 0 Å². The van der Waals surface area contributed by atoms with Gasteiger partial charge in [-0.05, 0) is 12.3 Å². The van der Waals surface area contributed by atoms with Crippen molar-refractivity contribution < 1.29 is 9.47 Å².